The molecule has 0 radical (unpaired) electrons. The number of aromatic nitrogens is 3. The van der Waals surface area contributed by atoms with Crippen molar-refractivity contribution < 1.29 is 19.2 Å². The average Bonchev–Trinajstić information content (AvgIpc) is 3.02. The standard InChI is InChI=1S/C15H18N4O4/c1-3-15(2,14(21)22)18-11(20)7-8-12-17-13(19-23-12)10-6-4-5-9-16-10/h4-6,9H,3,7-8H2,1-2H3,(H,18,20)(H,21,22). The summed E-state index contributed by atoms with van der Waals surface area (Å²) in [4.78, 5) is 31.3. The van der Waals surface area contributed by atoms with E-state index in [9.17, 15) is 9.59 Å². The van der Waals surface area contributed by atoms with E-state index in [0.29, 0.717) is 23.8 Å². The lowest BCUT2D eigenvalue weighted by molar-refractivity contribution is -0.147. The monoisotopic (exact) mass is 318 g/mol. The first-order valence-electron chi connectivity index (χ1n) is 7.23. The van der Waals surface area contributed by atoms with Gasteiger partial charge in [-0.2, -0.15) is 4.98 Å². The molecule has 23 heavy (non-hydrogen) atoms. The van der Waals surface area contributed by atoms with Crippen molar-refractivity contribution in [1.82, 2.24) is 20.4 Å². The molecule has 8 nitrogen and oxygen atoms in total. The van der Waals surface area contributed by atoms with Crippen LogP contribution in [0.4, 0.5) is 0 Å². The lowest BCUT2D eigenvalue weighted by Gasteiger charge is -2.24. The van der Waals surface area contributed by atoms with E-state index in [4.69, 9.17) is 9.63 Å². The maximum absolute atomic E-state index is 11.9. The minimum atomic E-state index is -1.27. The van der Waals surface area contributed by atoms with Crippen molar-refractivity contribution in [3.8, 4) is 11.5 Å². The molecule has 2 N–H and O–H groups in total. The van der Waals surface area contributed by atoms with Gasteiger partial charge in [0.05, 0.1) is 0 Å². The van der Waals surface area contributed by atoms with Crippen LogP contribution in [0.25, 0.3) is 11.5 Å². The van der Waals surface area contributed by atoms with E-state index in [1.165, 1.54) is 6.92 Å². The van der Waals surface area contributed by atoms with Crippen LogP contribution in [-0.4, -0.2) is 37.6 Å². The van der Waals surface area contributed by atoms with Gasteiger partial charge in [-0.15, -0.1) is 0 Å². The lowest BCUT2D eigenvalue weighted by atomic mass is 9.99. The smallest absolute Gasteiger partial charge is 0.329 e. The number of carbonyl (C=O) groups excluding carboxylic acids is 1. The largest absolute Gasteiger partial charge is 0.480 e. The van der Waals surface area contributed by atoms with Gasteiger partial charge in [0, 0.05) is 19.0 Å². The minimum Gasteiger partial charge on any atom is -0.480 e. The number of aryl methyl sites for hydroxylation is 1. The Morgan fingerprint density at radius 3 is 2.78 bits per heavy atom. The highest BCUT2D eigenvalue weighted by molar-refractivity contribution is 5.86. The molecule has 1 atom stereocenters. The topological polar surface area (TPSA) is 118 Å². The number of aliphatic carboxylic acids is 1. The van der Waals surface area contributed by atoms with E-state index in [-0.39, 0.29) is 18.7 Å². The van der Waals surface area contributed by atoms with Crippen molar-refractivity contribution in [2.75, 3.05) is 0 Å². The molecule has 0 aliphatic carbocycles. The summed E-state index contributed by atoms with van der Waals surface area (Å²) in [6.07, 6.45) is 2.20. The van der Waals surface area contributed by atoms with Gasteiger partial charge < -0.3 is 14.9 Å². The molecule has 2 aromatic heterocycles. The molecule has 0 spiro atoms. The highest BCUT2D eigenvalue weighted by Gasteiger charge is 2.32. The Kier molecular flexibility index (Phi) is 5.05. The van der Waals surface area contributed by atoms with Crippen molar-refractivity contribution in [3.63, 3.8) is 0 Å². The molecule has 0 saturated heterocycles. The molecule has 0 saturated carbocycles. The third kappa shape index (κ3) is 4.12. The summed E-state index contributed by atoms with van der Waals surface area (Å²) in [6.45, 7) is 3.17. The van der Waals surface area contributed by atoms with Gasteiger partial charge >= 0.3 is 5.97 Å². The molecule has 0 aliphatic rings. The molecule has 2 rings (SSSR count). The zero-order valence-corrected chi connectivity index (χ0v) is 12.9. The maximum atomic E-state index is 11.9. The van der Waals surface area contributed by atoms with Crippen LogP contribution in [0.3, 0.4) is 0 Å². The Bertz CT molecular complexity index is 686. The summed E-state index contributed by atoms with van der Waals surface area (Å²) >= 11 is 0. The molecule has 0 aliphatic heterocycles. The molecule has 2 heterocycles. The molecule has 0 fully saturated rings. The van der Waals surface area contributed by atoms with Crippen molar-refractivity contribution >= 4 is 11.9 Å². The number of amides is 1. The fourth-order valence-electron chi connectivity index (χ4n) is 1.84. The quantitative estimate of drug-likeness (QED) is 0.792. The molecule has 2 aromatic rings. The van der Waals surface area contributed by atoms with Crippen LogP contribution in [0.5, 0.6) is 0 Å². The van der Waals surface area contributed by atoms with Gasteiger partial charge in [0.25, 0.3) is 0 Å². The van der Waals surface area contributed by atoms with Gasteiger partial charge in [-0.3, -0.25) is 9.78 Å². The maximum Gasteiger partial charge on any atom is 0.329 e. The predicted molar refractivity (Wildman–Crippen MR) is 80.3 cm³/mol. The number of hydrogen-bond donors (Lipinski definition) is 2. The summed E-state index contributed by atoms with van der Waals surface area (Å²) < 4.78 is 5.08. The van der Waals surface area contributed by atoms with Crippen molar-refractivity contribution in [1.29, 1.82) is 0 Å². The van der Waals surface area contributed by atoms with Crippen LogP contribution in [0.15, 0.2) is 28.9 Å². The average molecular weight is 318 g/mol. The third-order valence-corrected chi connectivity index (χ3v) is 3.52. The number of pyridine rings is 1. The third-order valence-electron chi connectivity index (χ3n) is 3.52. The first kappa shape index (κ1) is 16.6. The fourth-order valence-corrected chi connectivity index (χ4v) is 1.84. The van der Waals surface area contributed by atoms with Gasteiger partial charge in [-0.05, 0) is 25.5 Å². The van der Waals surface area contributed by atoms with Gasteiger partial charge in [0.15, 0.2) is 0 Å². The second-order valence-electron chi connectivity index (χ2n) is 5.27. The van der Waals surface area contributed by atoms with Crippen LogP contribution in [0.2, 0.25) is 0 Å². The summed E-state index contributed by atoms with van der Waals surface area (Å²) in [7, 11) is 0. The van der Waals surface area contributed by atoms with Crippen molar-refractivity contribution in [2.24, 2.45) is 0 Å². The van der Waals surface area contributed by atoms with Gasteiger partial charge in [0.2, 0.25) is 17.6 Å². The van der Waals surface area contributed by atoms with E-state index in [0.717, 1.165) is 0 Å². The highest BCUT2D eigenvalue weighted by atomic mass is 16.5. The number of carboxylic acid groups (broad SMARTS) is 1. The lowest BCUT2D eigenvalue weighted by Crippen LogP contribution is -2.51. The van der Waals surface area contributed by atoms with E-state index in [2.05, 4.69) is 20.4 Å². The molecular weight excluding hydrogens is 300 g/mol. The number of rotatable bonds is 7. The summed E-state index contributed by atoms with van der Waals surface area (Å²) in [5.74, 6) is -0.794. The highest BCUT2D eigenvalue weighted by Crippen LogP contribution is 2.13. The first-order valence-corrected chi connectivity index (χ1v) is 7.23. The summed E-state index contributed by atoms with van der Waals surface area (Å²) in [6, 6.07) is 5.34. The summed E-state index contributed by atoms with van der Waals surface area (Å²) in [5.41, 5.74) is -0.693. The predicted octanol–water partition coefficient (Wildman–Crippen LogP) is 1.43. The van der Waals surface area contributed by atoms with Crippen LogP contribution < -0.4 is 5.32 Å². The molecule has 0 aromatic carbocycles. The second-order valence-corrected chi connectivity index (χ2v) is 5.27. The number of hydrogen-bond acceptors (Lipinski definition) is 6. The van der Waals surface area contributed by atoms with Gasteiger partial charge in [0.1, 0.15) is 11.2 Å². The van der Waals surface area contributed by atoms with Crippen LogP contribution in [0, 0.1) is 0 Å². The van der Waals surface area contributed by atoms with E-state index in [1.54, 1.807) is 25.3 Å². The van der Waals surface area contributed by atoms with Crippen LogP contribution >= 0.6 is 0 Å². The van der Waals surface area contributed by atoms with Crippen molar-refractivity contribution in [2.45, 2.75) is 38.6 Å². The zero-order valence-electron chi connectivity index (χ0n) is 12.9. The Hall–Kier alpha value is -2.77. The minimum absolute atomic E-state index is 0.0622. The first-order chi connectivity index (χ1) is 10.9. The fraction of sp³-hybridized carbons (Fsp3) is 0.400. The number of nitrogens with zero attached hydrogens (tertiary/aromatic N) is 3. The molecule has 1 unspecified atom stereocenters. The molecular formula is C15H18N4O4. The molecule has 122 valence electrons. The zero-order chi connectivity index (χ0) is 16.9. The van der Waals surface area contributed by atoms with Crippen molar-refractivity contribution in [3.05, 3.63) is 30.3 Å². The number of carbonyl (C=O) groups is 2. The Morgan fingerprint density at radius 2 is 2.17 bits per heavy atom. The van der Waals surface area contributed by atoms with E-state index in [1.807, 2.05) is 6.07 Å². The second kappa shape index (κ2) is 6.99. The normalized spacial score (nSPS) is 13.3. The molecule has 8 heteroatoms. The molecule has 0 bridgehead atoms. The summed E-state index contributed by atoms with van der Waals surface area (Å²) in [5, 5.41) is 15.5. The number of nitrogens with one attached hydrogen (secondary N) is 1. The number of carboxylic acids is 1. The Balaban J connectivity index is 1.93. The Morgan fingerprint density at radius 1 is 1.39 bits per heavy atom. The van der Waals surface area contributed by atoms with Crippen LogP contribution in [0.1, 0.15) is 32.6 Å². The van der Waals surface area contributed by atoms with Gasteiger partial charge in [-0.1, -0.05) is 18.1 Å². The Labute approximate surface area is 132 Å². The van der Waals surface area contributed by atoms with Gasteiger partial charge in [-0.25, -0.2) is 4.79 Å². The SMILES string of the molecule is CCC(C)(NC(=O)CCc1nc(-c2ccccn2)no1)C(=O)O. The molecule has 1 amide bonds. The van der Waals surface area contributed by atoms with Crippen LogP contribution in [-0.2, 0) is 16.0 Å². The van der Waals surface area contributed by atoms with E-state index < -0.39 is 11.5 Å². The van der Waals surface area contributed by atoms with E-state index >= 15 is 0 Å².